The Balaban J connectivity index is 2.59. The van der Waals surface area contributed by atoms with E-state index in [4.69, 9.17) is 4.74 Å². The molecule has 0 saturated carbocycles. The number of phenolic OH excluding ortho intramolecular Hbond substituents is 3. The molecule has 0 aromatic heterocycles. The Labute approximate surface area is 173 Å². The van der Waals surface area contributed by atoms with E-state index in [1.54, 1.807) is 12.1 Å². The Hall–Kier alpha value is -3.14. The van der Waals surface area contributed by atoms with E-state index in [-0.39, 0.29) is 17.2 Å². The molecule has 29 heavy (non-hydrogen) atoms. The molecule has 0 bridgehead atoms. The standard InChI is InChI=1S/C25H30O4/c1-16(2)6-10-20-19(12-8-18-9-13-25(29-5)24(28)14-18)21(11-7-17(3)4)23(27)15-22(20)26/h6-9,12-15,26-28H,10-11H2,1-5H3/b12-8-. The minimum Gasteiger partial charge on any atom is -0.507 e. The van der Waals surface area contributed by atoms with Gasteiger partial charge in [0.05, 0.1) is 7.11 Å². The van der Waals surface area contributed by atoms with Gasteiger partial charge < -0.3 is 20.1 Å². The fourth-order valence-corrected chi connectivity index (χ4v) is 2.99. The number of hydrogen-bond donors (Lipinski definition) is 3. The normalized spacial score (nSPS) is 10.8. The number of hydrogen-bond acceptors (Lipinski definition) is 4. The van der Waals surface area contributed by atoms with E-state index < -0.39 is 0 Å². The lowest BCUT2D eigenvalue weighted by Gasteiger charge is -2.15. The number of aromatic hydroxyl groups is 3. The van der Waals surface area contributed by atoms with Gasteiger partial charge >= 0.3 is 0 Å². The van der Waals surface area contributed by atoms with Crippen molar-refractivity contribution in [2.45, 2.75) is 40.5 Å². The molecular formula is C25H30O4. The molecule has 0 unspecified atom stereocenters. The van der Waals surface area contributed by atoms with Crippen LogP contribution in [0.4, 0.5) is 0 Å². The molecule has 3 N–H and O–H groups in total. The predicted octanol–water partition coefficient (Wildman–Crippen LogP) is 6.00. The van der Waals surface area contributed by atoms with E-state index in [0.717, 1.165) is 33.4 Å². The van der Waals surface area contributed by atoms with Gasteiger partial charge in [0, 0.05) is 17.2 Å². The molecule has 0 amide bonds. The summed E-state index contributed by atoms with van der Waals surface area (Å²) in [4.78, 5) is 0. The first-order valence-electron chi connectivity index (χ1n) is 9.61. The SMILES string of the molecule is COc1ccc(/C=C\c2c(CC=C(C)C)c(O)cc(O)c2CC=C(C)C)cc1O. The second-order valence-corrected chi connectivity index (χ2v) is 7.52. The van der Waals surface area contributed by atoms with Crippen LogP contribution in [0.3, 0.4) is 0 Å². The predicted molar refractivity (Wildman–Crippen MR) is 120 cm³/mol. The molecule has 2 rings (SSSR count). The highest BCUT2D eigenvalue weighted by molar-refractivity contribution is 5.77. The highest BCUT2D eigenvalue weighted by Gasteiger charge is 2.15. The minimum absolute atomic E-state index is 0.0583. The molecule has 0 heterocycles. The first-order chi connectivity index (χ1) is 13.7. The summed E-state index contributed by atoms with van der Waals surface area (Å²) >= 11 is 0. The molecule has 0 spiro atoms. The van der Waals surface area contributed by atoms with E-state index in [2.05, 4.69) is 0 Å². The quantitative estimate of drug-likeness (QED) is 0.398. The molecule has 2 aromatic carbocycles. The molecule has 0 atom stereocenters. The molecule has 0 aliphatic rings. The van der Waals surface area contributed by atoms with Gasteiger partial charge in [-0.3, -0.25) is 0 Å². The van der Waals surface area contributed by atoms with Crippen LogP contribution in [0.1, 0.15) is 49.9 Å². The van der Waals surface area contributed by atoms with Crippen molar-refractivity contribution in [1.82, 2.24) is 0 Å². The summed E-state index contributed by atoms with van der Waals surface area (Å²) in [6, 6.07) is 6.56. The zero-order chi connectivity index (χ0) is 21.6. The summed E-state index contributed by atoms with van der Waals surface area (Å²) in [5.74, 6) is 0.602. The van der Waals surface area contributed by atoms with E-state index in [0.29, 0.717) is 18.6 Å². The number of phenols is 3. The molecule has 0 saturated heterocycles. The second kappa shape index (κ2) is 9.87. The Kier molecular flexibility index (Phi) is 7.54. The van der Waals surface area contributed by atoms with Crippen LogP contribution in [-0.2, 0) is 12.8 Å². The van der Waals surface area contributed by atoms with Crippen LogP contribution < -0.4 is 4.74 Å². The highest BCUT2D eigenvalue weighted by Crippen LogP contribution is 2.36. The number of ether oxygens (including phenoxy) is 1. The maximum Gasteiger partial charge on any atom is 0.160 e. The Morgan fingerprint density at radius 1 is 0.793 bits per heavy atom. The first-order valence-corrected chi connectivity index (χ1v) is 9.61. The summed E-state index contributed by atoms with van der Waals surface area (Å²) in [5.41, 5.74) is 5.39. The van der Waals surface area contributed by atoms with Gasteiger partial charge in [-0.15, -0.1) is 0 Å². The molecule has 4 heteroatoms. The lowest BCUT2D eigenvalue weighted by molar-refractivity contribution is 0.373. The monoisotopic (exact) mass is 394 g/mol. The third kappa shape index (κ3) is 5.92. The lowest BCUT2D eigenvalue weighted by atomic mass is 9.93. The fourth-order valence-electron chi connectivity index (χ4n) is 2.99. The number of allylic oxidation sites excluding steroid dienone is 4. The molecule has 0 aliphatic heterocycles. The van der Waals surface area contributed by atoms with Crippen molar-refractivity contribution in [3.63, 3.8) is 0 Å². The Bertz CT molecular complexity index is 913. The van der Waals surface area contributed by atoms with Crippen molar-refractivity contribution in [2.75, 3.05) is 7.11 Å². The molecule has 0 aliphatic carbocycles. The highest BCUT2D eigenvalue weighted by atomic mass is 16.5. The molecule has 0 radical (unpaired) electrons. The van der Waals surface area contributed by atoms with Gasteiger partial charge in [0.1, 0.15) is 11.5 Å². The maximum absolute atomic E-state index is 10.5. The molecule has 154 valence electrons. The fraction of sp³-hybridized carbons (Fsp3) is 0.280. The van der Waals surface area contributed by atoms with Crippen molar-refractivity contribution >= 4 is 12.2 Å². The van der Waals surface area contributed by atoms with Crippen LogP contribution >= 0.6 is 0 Å². The summed E-state index contributed by atoms with van der Waals surface area (Å²) in [5, 5.41) is 31.0. The Morgan fingerprint density at radius 3 is 1.79 bits per heavy atom. The van der Waals surface area contributed by atoms with Crippen molar-refractivity contribution < 1.29 is 20.1 Å². The van der Waals surface area contributed by atoms with Gasteiger partial charge in [-0.25, -0.2) is 0 Å². The topological polar surface area (TPSA) is 69.9 Å². The van der Waals surface area contributed by atoms with E-state index in [9.17, 15) is 15.3 Å². The third-order valence-corrected chi connectivity index (χ3v) is 4.62. The van der Waals surface area contributed by atoms with Crippen LogP contribution in [0.25, 0.3) is 12.2 Å². The summed E-state index contributed by atoms with van der Waals surface area (Å²) in [6.45, 7) is 8.04. The van der Waals surface area contributed by atoms with E-state index in [1.807, 2.05) is 58.1 Å². The van der Waals surface area contributed by atoms with Crippen molar-refractivity contribution in [3.8, 4) is 23.0 Å². The minimum atomic E-state index is 0.0583. The average molecular weight is 395 g/mol. The van der Waals surface area contributed by atoms with Gasteiger partial charge in [-0.1, -0.05) is 41.5 Å². The van der Waals surface area contributed by atoms with Crippen molar-refractivity contribution in [1.29, 1.82) is 0 Å². The lowest BCUT2D eigenvalue weighted by Crippen LogP contribution is -1.97. The summed E-state index contributed by atoms with van der Waals surface area (Å²) < 4.78 is 5.09. The summed E-state index contributed by atoms with van der Waals surface area (Å²) in [7, 11) is 1.51. The van der Waals surface area contributed by atoms with Gasteiger partial charge in [0.15, 0.2) is 11.5 Å². The zero-order valence-electron chi connectivity index (χ0n) is 17.8. The van der Waals surface area contributed by atoms with Gasteiger partial charge in [0.2, 0.25) is 0 Å². The third-order valence-electron chi connectivity index (χ3n) is 4.62. The van der Waals surface area contributed by atoms with Crippen LogP contribution in [0.2, 0.25) is 0 Å². The number of methoxy groups -OCH3 is 1. The van der Waals surface area contributed by atoms with Crippen LogP contribution in [0, 0.1) is 0 Å². The van der Waals surface area contributed by atoms with E-state index in [1.165, 1.54) is 13.2 Å². The number of rotatable bonds is 7. The zero-order valence-corrected chi connectivity index (χ0v) is 17.8. The molecule has 2 aromatic rings. The van der Waals surface area contributed by atoms with E-state index >= 15 is 0 Å². The van der Waals surface area contributed by atoms with Gasteiger partial charge in [-0.2, -0.15) is 0 Å². The number of benzene rings is 2. The molecular weight excluding hydrogens is 364 g/mol. The molecule has 0 fully saturated rings. The second-order valence-electron chi connectivity index (χ2n) is 7.52. The van der Waals surface area contributed by atoms with Crippen molar-refractivity contribution in [2.24, 2.45) is 0 Å². The van der Waals surface area contributed by atoms with Crippen LogP contribution in [0.5, 0.6) is 23.0 Å². The largest absolute Gasteiger partial charge is 0.507 e. The Morgan fingerprint density at radius 2 is 1.34 bits per heavy atom. The summed E-state index contributed by atoms with van der Waals surface area (Å²) in [6.07, 6.45) is 8.95. The first kappa shape index (κ1) is 22.2. The van der Waals surface area contributed by atoms with Crippen LogP contribution in [-0.4, -0.2) is 22.4 Å². The molecule has 4 nitrogen and oxygen atoms in total. The van der Waals surface area contributed by atoms with Crippen LogP contribution in [0.15, 0.2) is 47.6 Å². The van der Waals surface area contributed by atoms with Gasteiger partial charge in [0.25, 0.3) is 0 Å². The smallest absolute Gasteiger partial charge is 0.160 e. The maximum atomic E-state index is 10.5. The van der Waals surface area contributed by atoms with Crippen molar-refractivity contribution in [3.05, 3.63) is 69.8 Å². The van der Waals surface area contributed by atoms with Gasteiger partial charge in [-0.05, 0) is 63.8 Å². The average Bonchev–Trinajstić information content (AvgIpc) is 2.64.